The minimum absolute atomic E-state index is 0.0249. The van der Waals surface area contributed by atoms with Gasteiger partial charge in [-0.15, -0.1) is 0 Å². The van der Waals surface area contributed by atoms with Crippen molar-refractivity contribution in [1.82, 2.24) is 15.3 Å². The maximum absolute atomic E-state index is 11.5. The molecule has 16 heavy (non-hydrogen) atoms. The maximum Gasteiger partial charge on any atom is 0.230 e. The molecular weight excluding hydrogens is 226 g/mol. The van der Waals surface area contributed by atoms with E-state index in [9.17, 15) is 4.79 Å². The highest BCUT2D eigenvalue weighted by atomic mass is 32.2. The van der Waals surface area contributed by atoms with Crippen molar-refractivity contribution in [3.05, 3.63) is 12.4 Å². The first-order valence-electron chi connectivity index (χ1n) is 5.35. The molecule has 1 aromatic heterocycles. The van der Waals surface area contributed by atoms with E-state index in [-0.39, 0.29) is 12.0 Å². The Bertz CT molecular complexity index is 323. The number of hydrogen-bond donors (Lipinski definition) is 2. The molecule has 0 bridgehead atoms. The summed E-state index contributed by atoms with van der Waals surface area (Å²) in [7, 11) is 0. The highest BCUT2D eigenvalue weighted by Crippen LogP contribution is 2.12. The van der Waals surface area contributed by atoms with Crippen molar-refractivity contribution < 1.29 is 9.53 Å². The lowest BCUT2D eigenvalue weighted by Gasteiger charge is -2.09. The van der Waals surface area contributed by atoms with Gasteiger partial charge in [0.15, 0.2) is 5.16 Å². The summed E-state index contributed by atoms with van der Waals surface area (Å²) in [4.78, 5) is 18.4. The van der Waals surface area contributed by atoms with Crippen molar-refractivity contribution in [2.45, 2.75) is 24.1 Å². The number of aromatic nitrogens is 2. The van der Waals surface area contributed by atoms with Crippen LogP contribution < -0.4 is 5.32 Å². The van der Waals surface area contributed by atoms with Gasteiger partial charge in [-0.3, -0.25) is 4.79 Å². The SMILES string of the molecule is O=C(CSc1ncc[nH]1)NCC1CCCO1. The number of aromatic amines is 1. The third kappa shape index (κ3) is 3.53. The summed E-state index contributed by atoms with van der Waals surface area (Å²) in [5.41, 5.74) is 0. The van der Waals surface area contributed by atoms with E-state index in [1.54, 1.807) is 12.4 Å². The standard InChI is InChI=1S/C10H15N3O2S/c14-9(7-16-10-11-3-4-12-10)13-6-8-2-1-5-15-8/h3-4,8H,1-2,5-7H2,(H,11,12)(H,13,14). The molecule has 5 nitrogen and oxygen atoms in total. The van der Waals surface area contributed by atoms with Crippen LogP contribution in [0.4, 0.5) is 0 Å². The molecule has 1 aromatic rings. The third-order valence-corrected chi connectivity index (χ3v) is 3.27. The lowest BCUT2D eigenvalue weighted by molar-refractivity contribution is -0.119. The molecule has 0 radical (unpaired) electrons. The molecule has 88 valence electrons. The van der Waals surface area contributed by atoms with Crippen LogP contribution in [0.25, 0.3) is 0 Å². The fraction of sp³-hybridized carbons (Fsp3) is 0.600. The van der Waals surface area contributed by atoms with Crippen LogP contribution in [-0.4, -0.2) is 40.9 Å². The van der Waals surface area contributed by atoms with E-state index in [1.165, 1.54) is 11.8 Å². The second kappa shape index (κ2) is 5.91. The maximum atomic E-state index is 11.5. The fourth-order valence-electron chi connectivity index (χ4n) is 1.55. The Labute approximate surface area is 98.4 Å². The van der Waals surface area contributed by atoms with E-state index in [0.717, 1.165) is 24.6 Å². The molecule has 0 aromatic carbocycles. The second-order valence-electron chi connectivity index (χ2n) is 3.62. The third-order valence-electron chi connectivity index (χ3n) is 2.36. The van der Waals surface area contributed by atoms with Gasteiger partial charge in [0.1, 0.15) is 0 Å². The van der Waals surface area contributed by atoms with E-state index < -0.39 is 0 Å². The number of nitrogens with one attached hydrogen (secondary N) is 2. The molecule has 1 amide bonds. The average Bonchev–Trinajstić information content (AvgIpc) is 2.96. The van der Waals surface area contributed by atoms with E-state index in [1.807, 2.05) is 0 Å². The molecule has 1 aliphatic rings. The summed E-state index contributed by atoms with van der Waals surface area (Å²) in [5.74, 6) is 0.414. The van der Waals surface area contributed by atoms with Crippen LogP contribution in [0.3, 0.4) is 0 Å². The Morgan fingerprint density at radius 1 is 1.75 bits per heavy atom. The number of H-pyrrole nitrogens is 1. The first-order chi connectivity index (χ1) is 7.84. The Kier molecular flexibility index (Phi) is 4.24. The number of carbonyl (C=O) groups is 1. The molecule has 0 aliphatic carbocycles. The predicted octanol–water partition coefficient (Wildman–Crippen LogP) is 0.797. The molecular formula is C10H15N3O2S. The molecule has 2 N–H and O–H groups in total. The second-order valence-corrected chi connectivity index (χ2v) is 4.59. The zero-order valence-electron chi connectivity index (χ0n) is 8.94. The van der Waals surface area contributed by atoms with E-state index in [2.05, 4.69) is 15.3 Å². The van der Waals surface area contributed by atoms with Gasteiger partial charge >= 0.3 is 0 Å². The number of rotatable bonds is 5. The summed E-state index contributed by atoms with van der Waals surface area (Å²) in [6, 6.07) is 0. The number of carbonyl (C=O) groups excluding carboxylic acids is 1. The Hall–Kier alpha value is -1.01. The number of hydrogen-bond acceptors (Lipinski definition) is 4. The molecule has 1 saturated heterocycles. The molecule has 0 saturated carbocycles. The van der Waals surface area contributed by atoms with E-state index in [0.29, 0.717) is 12.3 Å². The van der Waals surface area contributed by atoms with Gasteiger partial charge in [-0.05, 0) is 12.8 Å². The topological polar surface area (TPSA) is 67.0 Å². The smallest absolute Gasteiger partial charge is 0.230 e. The van der Waals surface area contributed by atoms with Crippen LogP contribution in [0, 0.1) is 0 Å². The van der Waals surface area contributed by atoms with Crippen molar-refractivity contribution in [3.63, 3.8) is 0 Å². The Morgan fingerprint density at radius 2 is 2.69 bits per heavy atom. The quantitative estimate of drug-likeness (QED) is 0.748. The molecule has 0 spiro atoms. The summed E-state index contributed by atoms with van der Waals surface area (Å²) in [6.07, 6.45) is 5.77. The van der Waals surface area contributed by atoms with Crippen LogP contribution in [0.2, 0.25) is 0 Å². The largest absolute Gasteiger partial charge is 0.376 e. The summed E-state index contributed by atoms with van der Waals surface area (Å²) < 4.78 is 5.41. The summed E-state index contributed by atoms with van der Waals surface area (Å²) in [6.45, 7) is 1.44. The monoisotopic (exact) mass is 241 g/mol. The Balaban J connectivity index is 1.60. The van der Waals surface area contributed by atoms with Gasteiger partial charge in [0.25, 0.3) is 0 Å². The molecule has 1 atom stereocenters. The molecule has 6 heteroatoms. The van der Waals surface area contributed by atoms with Crippen LogP contribution in [0.5, 0.6) is 0 Å². The van der Waals surface area contributed by atoms with Crippen LogP contribution in [0.1, 0.15) is 12.8 Å². The van der Waals surface area contributed by atoms with Crippen LogP contribution in [0.15, 0.2) is 17.6 Å². The van der Waals surface area contributed by atoms with Crippen molar-refractivity contribution in [2.24, 2.45) is 0 Å². The zero-order chi connectivity index (χ0) is 11.2. The van der Waals surface area contributed by atoms with E-state index >= 15 is 0 Å². The zero-order valence-corrected chi connectivity index (χ0v) is 9.76. The molecule has 2 rings (SSSR count). The van der Waals surface area contributed by atoms with Crippen molar-refractivity contribution in [1.29, 1.82) is 0 Å². The van der Waals surface area contributed by atoms with Gasteiger partial charge in [-0.2, -0.15) is 0 Å². The summed E-state index contributed by atoms with van der Waals surface area (Å²) >= 11 is 1.40. The van der Waals surface area contributed by atoms with Gasteiger partial charge in [-0.1, -0.05) is 11.8 Å². The van der Waals surface area contributed by atoms with Crippen LogP contribution >= 0.6 is 11.8 Å². The van der Waals surface area contributed by atoms with Crippen molar-refractivity contribution in [3.8, 4) is 0 Å². The lowest BCUT2D eigenvalue weighted by atomic mass is 10.2. The first-order valence-corrected chi connectivity index (χ1v) is 6.33. The highest BCUT2D eigenvalue weighted by molar-refractivity contribution is 7.99. The minimum Gasteiger partial charge on any atom is -0.376 e. The molecule has 1 unspecified atom stereocenters. The van der Waals surface area contributed by atoms with Gasteiger partial charge in [0.2, 0.25) is 5.91 Å². The number of amides is 1. The number of thioether (sulfide) groups is 1. The van der Waals surface area contributed by atoms with Crippen molar-refractivity contribution >= 4 is 17.7 Å². The highest BCUT2D eigenvalue weighted by Gasteiger charge is 2.16. The normalized spacial score (nSPS) is 19.9. The fourth-order valence-corrected chi connectivity index (χ4v) is 2.20. The molecule has 2 heterocycles. The minimum atomic E-state index is 0.0249. The number of ether oxygens (including phenoxy) is 1. The number of imidazole rings is 1. The van der Waals surface area contributed by atoms with Crippen molar-refractivity contribution in [2.75, 3.05) is 18.9 Å². The van der Waals surface area contributed by atoms with Gasteiger partial charge in [-0.25, -0.2) is 4.98 Å². The van der Waals surface area contributed by atoms with Gasteiger partial charge in [0.05, 0.1) is 11.9 Å². The Morgan fingerprint density at radius 3 is 3.38 bits per heavy atom. The summed E-state index contributed by atoms with van der Waals surface area (Å²) in [5, 5.41) is 3.63. The van der Waals surface area contributed by atoms with Gasteiger partial charge in [0, 0.05) is 25.5 Å². The van der Waals surface area contributed by atoms with Gasteiger partial charge < -0.3 is 15.0 Å². The number of nitrogens with zero attached hydrogens (tertiary/aromatic N) is 1. The average molecular weight is 241 g/mol. The van der Waals surface area contributed by atoms with E-state index in [4.69, 9.17) is 4.74 Å². The lowest BCUT2D eigenvalue weighted by Crippen LogP contribution is -2.32. The molecule has 1 fully saturated rings. The molecule has 1 aliphatic heterocycles. The first kappa shape index (κ1) is 11.5. The predicted molar refractivity (Wildman–Crippen MR) is 61.3 cm³/mol. The van der Waals surface area contributed by atoms with Crippen LogP contribution in [-0.2, 0) is 9.53 Å².